The van der Waals surface area contributed by atoms with Crippen molar-refractivity contribution in [3.05, 3.63) is 29.8 Å². The van der Waals surface area contributed by atoms with Crippen LogP contribution in [0.2, 0.25) is 0 Å². The van der Waals surface area contributed by atoms with Gasteiger partial charge in [0.05, 0.1) is 0 Å². The second-order valence-electron chi connectivity index (χ2n) is 5.32. The third-order valence-corrected chi connectivity index (χ3v) is 3.65. The molecule has 2 nitrogen and oxygen atoms in total. The average Bonchev–Trinajstić information content (AvgIpc) is 2.32. The van der Waals surface area contributed by atoms with Gasteiger partial charge in [-0.3, -0.25) is 0 Å². The minimum Gasteiger partial charge on any atom is -0.384 e. The zero-order valence-corrected chi connectivity index (χ0v) is 11.1. The van der Waals surface area contributed by atoms with E-state index in [0.717, 1.165) is 12.5 Å². The molecule has 1 aromatic rings. The summed E-state index contributed by atoms with van der Waals surface area (Å²) in [5, 5.41) is 3.50. The molecule has 2 rings (SSSR count). The van der Waals surface area contributed by atoms with Crippen LogP contribution in [0.3, 0.4) is 0 Å². The monoisotopic (exact) mass is 232 g/mol. The van der Waals surface area contributed by atoms with E-state index < -0.39 is 0 Å². The second-order valence-corrected chi connectivity index (χ2v) is 5.32. The Balaban J connectivity index is 1.69. The van der Waals surface area contributed by atoms with E-state index in [-0.39, 0.29) is 0 Å². The fraction of sp³-hybridized carbons (Fsp3) is 0.600. The smallest absolute Gasteiger partial charge is 0.0343 e. The van der Waals surface area contributed by atoms with Crippen LogP contribution in [0.15, 0.2) is 24.3 Å². The predicted molar refractivity (Wildman–Crippen MR) is 74.5 cm³/mol. The molecule has 0 amide bonds. The van der Waals surface area contributed by atoms with Gasteiger partial charge < -0.3 is 10.2 Å². The van der Waals surface area contributed by atoms with Crippen molar-refractivity contribution in [2.24, 2.45) is 5.92 Å². The maximum Gasteiger partial charge on any atom is 0.0343 e. The highest BCUT2D eigenvalue weighted by Crippen LogP contribution is 2.15. The fourth-order valence-electron chi connectivity index (χ4n) is 2.40. The zero-order valence-electron chi connectivity index (χ0n) is 11.1. The quantitative estimate of drug-likeness (QED) is 0.858. The molecule has 0 saturated carbocycles. The molecule has 0 radical (unpaired) electrons. The van der Waals surface area contributed by atoms with Crippen LogP contribution in [0, 0.1) is 12.8 Å². The van der Waals surface area contributed by atoms with Gasteiger partial charge in [0.1, 0.15) is 0 Å². The summed E-state index contributed by atoms with van der Waals surface area (Å²) in [6.45, 7) is 9.27. The van der Waals surface area contributed by atoms with Crippen molar-refractivity contribution in [2.75, 3.05) is 31.5 Å². The first-order chi connectivity index (χ1) is 8.24. The molecule has 94 valence electrons. The largest absolute Gasteiger partial charge is 0.384 e. The minimum absolute atomic E-state index is 0.927. The summed E-state index contributed by atoms with van der Waals surface area (Å²) in [4.78, 5) is 2.57. The number of rotatable bonds is 4. The molecule has 0 aliphatic carbocycles. The molecular formula is C15H24N2. The highest BCUT2D eigenvalue weighted by atomic mass is 15.1. The lowest BCUT2D eigenvalue weighted by Gasteiger charge is -2.30. The van der Waals surface area contributed by atoms with E-state index in [4.69, 9.17) is 0 Å². The third kappa shape index (κ3) is 4.04. The summed E-state index contributed by atoms with van der Waals surface area (Å²) in [7, 11) is 0. The first-order valence-electron chi connectivity index (χ1n) is 6.77. The molecule has 0 spiro atoms. The van der Waals surface area contributed by atoms with Crippen molar-refractivity contribution in [3.63, 3.8) is 0 Å². The van der Waals surface area contributed by atoms with E-state index in [0.29, 0.717) is 0 Å². The van der Waals surface area contributed by atoms with Crippen molar-refractivity contribution < 1.29 is 0 Å². The summed E-state index contributed by atoms with van der Waals surface area (Å²) >= 11 is 0. The Kier molecular flexibility index (Phi) is 4.43. The van der Waals surface area contributed by atoms with Gasteiger partial charge >= 0.3 is 0 Å². The summed E-state index contributed by atoms with van der Waals surface area (Å²) in [6.07, 6.45) is 2.73. The number of anilines is 1. The number of hydrogen-bond donors (Lipinski definition) is 1. The van der Waals surface area contributed by atoms with Gasteiger partial charge in [-0.05, 0) is 56.5 Å². The molecule has 1 heterocycles. The molecule has 1 saturated heterocycles. The number of aryl methyl sites for hydroxylation is 1. The van der Waals surface area contributed by atoms with Crippen molar-refractivity contribution in [1.82, 2.24) is 4.90 Å². The van der Waals surface area contributed by atoms with Crippen molar-refractivity contribution in [1.29, 1.82) is 0 Å². The molecule has 1 fully saturated rings. The molecule has 17 heavy (non-hydrogen) atoms. The molecule has 1 aliphatic heterocycles. The van der Waals surface area contributed by atoms with E-state index in [1.165, 1.54) is 43.7 Å². The second kappa shape index (κ2) is 6.06. The zero-order chi connectivity index (χ0) is 12.1. The number of nitrogens with zero attached hydrogens (tertiary/aromatic N) is 1. The molecule has 0 aromatic heterocycles. The van der Waals surface area contributed by atoms with Crippen LogP contribution in [0.5, 0.6) is 0 Å². The number of hydrogen-bond acceptors (Lipinski definition) is 2. The van der Waals surface area contributed by atoms with E-state index >= 15 is 0 Å². The summed E-state index contributed by atoms with van der Waals surface area (Å²) in [6, 6.07) is 8.60. The lowest BCUT2D eigenvalue weighted by molar-refractivity contribution is 0.199. The van der Waals surface area contributed by atoms with Gasteiger partial charge in [-0.25, -0.2) is 0 Å². The molecule has 0 bridgehead atoms. The van der Waals surface area contributed by atoms with Gasteiger partial charge in [-0.1, -0.05) is 19.1 Å². The van der Waals surface area contributed by atoms with Gasteiger partial charge in [0, 0.05) is 18.8 Å². The molecule has 1 aliphatic rings. The minimum atomic E-state index is 0.927. The van der Waals surface area contributed by atoms with Crippen LogP contribution in [0.1, 0.15) is 25.3 Å². The maximum atomic E-state index is 3.50. The Morgan fingerprint density at radius 2 is 2.06 bits per heavy atom. The lowest BCUT2D eigenvalue weighted by atomic mass is 9.99. The highest BCUT2D eigenvalue weighted by Gasteiger charge is 2.14. The van der Waals surface area contributed by atoms with Crippen molar-refractivity contribution in [2.45, 2.75) is 26.7 Å². The highest BCUT2D eigenvalue weighted by molar-refractivity contribution is 5.45. The van der Waals surface area contributed by atoms with Crippen molar-refractivity contribution >= 4 is 5.69 Å². The van der Waals surface area contributed by atoms with E-state index in [9.17, 15) is 0 Å². The average molecular weight is 232 g/mol. The van der Waals surface area contributed by atoms with Gasteiger partial charge in [-0.15, -0.1) is 0 Å². The fourth-order valence-corrected chi connectivity index (χ4v) is 2.40. The molecule has 0 atom stereocenters. The van der Waals surface area contributed by atoms with Gasteiger partial charge in [0.15, 0.2) is 0 Å². The Labute approximate surface area is 105 Å². The summed E-state index contributed by atoms with van der Waals surface area (Å²) < 4.78 is 0. The SMILES string of the molecule is Cc1cccc(NCCN2CCC(C)CC2)c1. The molecule has 0 unspecified atom stereocenters. The van der Waals surface area contributed by atoms with E-state index in [2.05, 4.69) is 48.3 Å². The Morgan fingerprint density at radius 3 is 2.76 bits per heavy atom. The van der Waals surface area contributed by atoms with Gasteiger partial charge in [0.25, 0.3) is 0 Å². The van der Waals surface area contributed by atoms with Crippen LogP contribution in [0.25, 0.3) is 0 Å². The summed E-state index contributed by atoms with van der Waals surface area (Å²) in [5.74, 6) is 0.927. The first-order valence-corrected chi connectivity index (χ1v) is 6.77. The number of piperidine rings is 1. The van der Waals surface area contributed by atoms with Crippen molar-refractivity contribution in [3.8, 4) is 0 Å². The van der Waals surface area contributed by atoms with E-state index in [1.807, 2.05) is 0 Å². The Morgan fingerprint density at radius 1 is 1.29 bits per heavy atom. The van der Waals surface area contributed by atoms with Crippen LogP contribution < -0.4 is 5.32 Å². The molecule has 1 N–H and O–H groups in total. The van der Waals surface area contributed by atoms with Crippen LogP contribution in [-0.4, -0.2) is 31.1 Å². The molecule has 2 heteroatoms. The summed E-state index contributed by atoms with van der Waals surface area (Å²) in [5.41, 5.74) is 2.57. The third-order valence-electron chi connectivity index (χ3n) is 3.65. The van der Waals surface area contributed by atoms with Gasteiger partial charge in [-0.2, -0.15) is 0 Å². The van der Waals surface area contributed by atoms with Crippen LogP contribution in [0.4, 0.5) is 5.69 Å². The standard InChI is InChI=1S/C15H24N2/c1-13-6-9-17(10-7-13)11-8-16-15-5-3-4-14(2)12-15/h3-5,12-13,16H,6-11H2,1-2H3. The maximum absolute atomic E-state index is 3.50. The first kappa shape index (κ1) is 12.4. The normalized spacial score (nSPS) is 18.2. The van der Waals surface area contributed by atoms with Gasteiger partial charge in [0.2, 0.25) is 0 Å². The predicted octanol–water partition coefficient (Wildman–Crippen LogP) is 3.14. The molecule has 1 aromatic carbocycles. The van der Waals surface area contributed by atoms with Crippen LogP contribution in [-0.2, 0) is 0 Å². The Hall–Kier alpha value is -1.02. The lowest BCUT2D eigenvalue weighted by Crippen LogP contribution is -2.36. The Bertz CT molecular complexity index is 341. The topological polar surface area (TPSA) is 15.3 Å². The number of benzene rings is 1. The van der Waals surface area contributed by atoms with E-state index in [1.54, 1.807) is 0 Å². The number of likely N-dealkylation sites (tertiary alicyclic amines) is 1. The molecular weight excluding hydrogens is 208 g/mol. The van der Waals surface area contributed by atoms with Crippen LogP contribution >= 0.6 is 0 Å². The number of nitrogens with one attached hydrogen (secondary N) is 1.